The number of fused-ring (bicyclic) bond motifs is 1. The van der Waals surface area contributed by atoms with Crippen molar-refractivity contribution in [3.8, 4) is 0 Å². The number of carbonyl (C=O) groups is 1. The number of hydrogen-bond acceptors (Lipinski definition) is 3. The van der Waals surface area contributed by atoms with E-state index in [1.807, 2.05) is 30.0 Å². The van der Waals surface area contributed by atoms with E-state index in [-0.39, 0.29) is 5.91 Å². The molecule has 0 radical (unpaired) electrons. The second-order valence-electron chi connectivity index (χ2n) is 9.52. The van der Waals surface area contributed by atoms with Crippen molar-refractivity contribution in [1.29, 1.82) is 0 Å². The molecule has 0 aromatic heterocycles. The average molecular weight is 441 g/mol. The molecule has 1 aliphatic carbocycles. The number of aryl methyl sites for hydroxylation is 2. The Bertz CT molecular complexity index is 1180. The van der Waals surface area contributed by atoms with E-state index in [9.17, 15) is 9.90 Å². The number of amides is 1. The van der Waals surface area contributed by atoms with Crippen molar-refractivity contribution in [3.63, 3.8) is 0 Å². The standard InChI is InChI=1S/C29H32N2O2/c1-19-6-3-4-7-23(19)18-30-24-12-13-25(20(2)16-24)29(33)31-15-5-8-28(32)26-17-22(21-9-10-21)11-14-27(26)31/h3-4,6-7,11-14,16-17,21,28,30,32H,5,8-10,15,18H2,1-2H3. The lowest BCUT2D eigenvalue weighted by Crippen LogP contribution is -2.32. The largest absolute Gasteiger partial charge is 0.388 e. The Morgan fingerprint density at radius 3 is 2.58 bits per heavy atom. The van der Waals surface area contributed by atoms with Crippen molar-refractivity contribution in [2.75, 3.05) is 16.8 Å². The number of anilines is 2. The summed E-state index contributed by atoms with van der Waals surface area (Å²) in [5.74, 6) is 0.629. The third-order valence-electron chi connectivity index (χ3n) is 7.06. The molecule has 3 aromatic rings. The Morgan fingerprint density at radius 2 is 1.82 bits per heavy atom. The minimum absolute atomic E-state index is 0.00692. The van der Waals surface area contributed by atoms with E-state index >= 15 is 0 Å². The summed E-state index contributed by atoms with van der Waals surface area (Å²) >= 11 is 0. The number of carbonyl (C=O) groups excluding carboxylic acids is 1. The molecule has 1 heterocycles. The first-order valence-electron chi connectivity index (χ1n) is 12.0. The van der Waals surface area contributed by atoms with Crippen LogP contribution in [-0.4, -0.2) is 17.6 Å². The topological polar surface area (TPSA) is 52.6 Å². The van der Waals surface area contributed by atoms with Crippen LogP contribution in [0.2, 0.25) is 0 Å². The van der Waals surface area contributed by atoms with Crippen molar-refractivity contribution in [3.05, 3.63) is 94.0 Å². The minimum Gasteiger partial charge on any atom is -0.388 e. The van der Waals surface area contributed by atoms with Gasteiger partial charge in [0.25, 0.3) is 5.91 Å². The molecule has 4 nitrogen and oxygen atoms in total. The summed E-state index contributed by atoms with van der Waals surface area (Å²) in [5, 5.41) is 14.2. The molecule has 5 rings (SSSR count). The van der Waals surface area contributed by atoms with Crippen molar-refractivity contribution < 1.29 is 9.90 Å². The third-order valence-corrected chi connectivity index (χ3v) is 7.06. The Kier molecular flexibility index (Phi) is 5.94. The van der Waals surface area contributed by atoms with Gasteiger partial charge in [0.05, 0.1) is 6.10 Å². The number of benzene rings is 3. The summed E-state index contributed by atoms with van der Waals surface area (Å²) in [4.78, 5) is 15.5. The maximum Gasteiger partial charge on any atom is 0.258 e. The molecule has 3 aromatic carbocycles. The van der Waals surface area contributed by atoms with Crippen molar-refractivity contribution >= 4 is 17.3 Å². The molecule has 1 saturated carbocycles. The van der Waals surface area contributed by atoms with E-state index in [2.05, 4.69) is 54.7 Å². The number of rotatable bonds is 5. The Morgan fingerprint density at radius 1 is 1.00 bits per heavy atom. The molecule has 0 bridgehead atoms. The number of aliphatic hydroxyl groups is 1. The second kappa shape index (κ2) is 9.03. The van der Waals surface area contributed by atoms with Crippen LogP contribution in [0.4, 0.5) is 11.4 Å². The van der Waals surface area contributed by atoms with Gasteiger partial charge in [0.15, 0.2) is 0 Å². The van der Waals surface area contributed by atoms with Crippen LogP contribution >= 0.6 is 0 Å². The van der Waals surface area contributed by atoms with Crippen molar-refractivity contribution in [2.45, 2.75) is 58.1 Å². The molecule has 1 atom stereocenters. The van der Waals surface area contributed by atoms with E-state index in [1.165, 1.54) is 29.5 Å². The summed E-state index contributed by atoms with van der Waals surface area (Å²) in [5.41, 5.74) is 8.26. The van der Waals surface area contributed by atoms with Gasteiger partial charge >= 0.3 is 0 Å². The van der Waals surface area contributed by atoms with Gasteiger partial charge in [-0.3, -0.25) is 4.79 Å². The van der Waals surface area contributed by atoms with Crippen molar-refractivity contribution in [2.24, 2.45) is 0 Å². The maximum atomic E-state index is 13.6. The second-order valence-corrected chi connectivity index (χ2v) is 9.52. The number of nitrogens with zero attached hydrogens (tertiary/aromatic N) is 1. The zero-order valence-electron chi connectivity index (χ0n) is 19.5. The molecule has 2 aliphatic rings. The highest BCUT2D eigenvalue weighted by molar-refractivity contribution is 6.07. The fourth-order valence-electron chi connectivity index (χ4n) is 4.85. The quantitative estimate of drug-likeness (QED) is 0.492. The lowest BCUT2D eigenvalue weighted by Gasteiger charge is -2.25. The summed E-state index contributed by atoms with van der Waals surface area (Å²) < 4.78 is 0. The molecule has 4 heteroatoms. The van der Waals surface area contributed by atoms with Gasteiger partial charge in [-0.05, 0) is 92.0 Å². The van der Waals surface area contributed by atoms with Gasteiger partial charge in [0.2, 0.25) is 0 Å². The predicted molar refractivity (Wildman–Crippen MR) is 134 cm³/mol. The molecule has 1 unspecified atom stereocenters. The number of nitrogens with one attached hydrogen (secondary N) is 1. The zero-order valence-corrected chi connectivity index (χ0v) is 19.5. The first-order chi connectivity index (χ1) is 16.0. The molecule has 2 N–H and O–H groups in total. The summed E-state index contributed by atoms with van der Waals surface area (Å²) in [6, 6.07) is 20.6. The van der Waals surface area contributed by atoms with Crippen molar-refractivity contribution in [1.82, 2.24) is 0 Å². The first kappa shape index (κ1) is 21.7. The first-order valence-corrected chi connectivity index (χ1v) is 12.0. The highest BCUT2D eigenvalue weighted by Gasteiger charge is 2.30. The predicted octanol–water partition coefficient (Wildman–Crippen LogP) is 6.27. The molecular formula is C29H32N2O2. The monoisotopic (exact) mass is 440 g/mol. The highest BCUT2D eigenvalue weighted by atomic mass is 16.3. The van der Waals surface area contributed by atoms with Crippen LogP contribution in [0.5, 0.6) is 0 Å². The van der Waals surface area contributed by atoms with E-state index in [1.54, 1.807) is 0 Å². The zero-order chi connectivity index (χ0) is 22.9. The summed E-state index contributed by atoms with van der Waals surface area (Å²) in [7, 11) is 0. The van der Waals surface area contributed by atoms with Crippen LogP contribution in [0.1, 0.15) is 75.9 Å². The van der Waals surface area contributed by atoms with Crippen LogP contribution in [0.25, 0.3) is 0 Å². The van der Waals surface area contributed by atoms with Crippen LogP contribution < -0.4 is 10.2 Å². The maximum absolute atomic E-state index is 13.6. The van der Waals surface area contributed by atoms with Gasteiger partial charge in [-0.15, -0.1) is 0 Å². The fraction of sp³-hybridized carbons (Fsp3) is 0.345. The van der Waals surface area contributed by atoms with Gasteiger partial charge in [0, 0.05) is 35.6 Å². The van der Waals surface area contributed by atoms with E-state index < -0.39 is 6.10 Å². The van der Waals surface area contributed by atoms with E-state index in [0.29, 0.717) is 24.4 Å². The number of hydrogen-bond donors (Lipinski definition) is 2. The smallest absolute Gasteiger partial charge is 0.258 e. The molecule has 1 aliphatic heterocycles. The molecule has 0 spiro atoms. The van der Waals surface area contributed by atoms with Gasteiger partial charge in [-0.25, -0.2) is 0 Å². The highest BCUT2D eigenvalue weighted by Crippen LogP contribution is 2.43. The normalized spacial score (nSPS) is 17.9. The van der Waals surface area contributed by atoms with Gasteiger partial charge in [-0.1, -0.05) is 36.4 Å². The van der Waals surface area contributed by atoms with E-state index in [4.69, 9.17) is 0 Å². The van der Waals surface area contributed by atoms with Crippen LogP contribution in [-0.2, 0) is 6.54 Å². The average Bonchev–Trinajstić information content (AvgIpc) is 3.67. The molecule has 0 saturated heterocycles. The summed E-state index contributed by atoms with van der Waals surface area (Å²) in [6.45, 7) is 5.49. The summed E-state index contributed by atoms with van der Waals surface area (Å²) in [6.07, 6.45) is 3.41. The third kappa shape index (κ3) is 4.53. The van der Waals surface area contributed by atoms with Crippen LogP contribution in [0.15, 0.2) is 60.7 Å². The lowest BCUT2D eigenvalue weighted by molar-refractivity contribution is 0.0986. The molecule has 1 fully saturated rings. The van der Waals surface area contributed by atoms with Gasteiger partial charge in [-0.2, -0.15) is 0 Å². The Labute approximate surface area is 196 Å². The lowest BCUT2D eigenvalue weighted by atomic mass is 9.99. The van der Waals surface area contributed by atoms with Gasteiger partial charge < -0.3 is 15.3 Å². The van der Waals surface area contributed by atoms with Crippen LogP contribution in [0.3, 0.4) is 0 Å². The molecule has 1 amide bonds. The number of aliphatic hydroxyl groups excluding tert-OH is 1. The Balaban J connectivity index is 1.38. The minimum atomic E-state index is -0.509. The molecule has 33 heavy (non-hydrogen) atoms. The van der Waals surface area contributed by atoms with E-state index in [0.717, 1.165) is 35.5 Å². The van der Waals surface area contributed by atoms with Gasteiger partial charge in [0.1, 0.15) is 0 Å². The van der Waals surface area contributed by atoms with Crippen LogP contribution in [0, 0.1) is 13.8 Å². The Hall–Kier alpha value is -3.11. The molecular weight excluding hydrogens is 408 g/mol. The SMILES string of the molecule is Cc1ccccc1CNc1ccc(C(=O)N2CCCC(O)c3cc(C4CC4)ccc32)c(C)c1. The molecule has 170 valence electrons. The fourth-order valence-corrected chi connectivity index (χ4v) is 4.85.